The number of hydrogen-bond donors (Lipinski definition) is 0. The van der Waals surface area contributed by atoms with Crippen molar-refractivity contribution < 1.29 is 43.9 Å². The Morgan fingerprint density at radius 3 is 2.10 bits per heavy atom. The topological polar surface area (TPSA) is 61.2 Å². The molecule has 0 radical (unpaired) electrons. The summed E-state index contributed by atoms with van der Waals surface area (Å²) in [6, 6.07) is -3.32. The van der Waals surface area contributed by atoms with Gasteiger partial charge in [0, 0.05) is 12.4 Å². The van der Waals surface area contributed by atoms with Crippen molar-refractivity contribution in [3.63, 3.8) is 0 Å². The molecule has 1 aromatic heterocycles. The van der Waals surface area contributed by atoms with Gasteiger partial charge in [-0.15, -0.1) is 0 Å². The Bertz CT molecular complexity index is 606. The third kappa shape index (κ3) is 2.57. The summed E-state index contributed by atoms with van der Waals surface area (Å²) in [7, 11) is -6.11. The van der Waals surface area contributed by atoms with Crippen LogP contribution in [-0.4, -0.2) is 28.7 Å². The van der Waals surface area contributed by atoms with Crippen LogP contribution in [0.3, 0.4) is 0 Å². The number of halogens is 7. The summed E-state index contributed by atoms with van der Waals surface area (Å²) < 4.78 is 112. The van der Waals surface area contributed by atoms with Crippen LogP contribution in [0.4, 0.5) is 30.7 Å². The highest BCUT2D eigenvalue weighted by Crippen LogP contribution is 2.42. The maximum absolute atomic E-state index is 13.2. The van der Waals surface area contributed by atoms with Gasteiger partial charge in [-0.25, -0.2) is 8.96 Å². The molecule has 1 aromatic rings. The molecule has 0 N–H and O–H groups in total. The number of nitrogens with zero attached hydrogens (tertiary/aromatic N) is 2. The van der Waals surface area contributed by atoms with E-state index in [9.17, 15) is 39.2 Å². The van der Waals surface area contributed by atoms with Crippen molar-refractivity contribution in [1.82, 2.24) is 8.96 Å². The minimum Gasteiger partial charge on any atom is -0.397 e. The second-order valence-electron chi connectivity index (χ2n) is 3.07. The van der Waals surface area contributed by atoms with E-state index in [0.717, 1.165) is 0 Å². The summed E-state index contributed by atoms with van der Waals surface area (Å²) in [6.45, 7) is 0. The van der Waals surface area contributed by atoms with E-state index in [0.29, 0.717) is 12.4 Å². The number of alkyl halides is 4. The van der Waals surface area contributed by atoms with E-state index < -0.39 is 37.5 Å². The molecule has 1 rings (SSSR count). The highest BCUT2D eigenvalue weighted by molar-refractivity contribution is 7.91. The fourth-order valence-corrected chi connectivity index (χ4v) is 1.88. The highest BCUT2D eigenvalue weighted by atomic mass is 32.2. The number of imidazole rings is 1. The largest absolute Gasteiger partial charge is 0.484 e. The fraction of sp³-hybridized carbons (Fsp3) is 0.286. The lowest BCUT2D eigenvalue weighted by Crippen LogP contribution is -2.50. The standard InChI is InChI=1S/C7H3F7N2O3S/c8-4(9)5(10)19-6(11,12)7(13,14)20(17,18)16-2-1-15-3-16/h1-3H. The van der Waals surface area contributed by atoms with Crippen LogP contribution >= 0.6 is 0 Å². The number of ether oxygens (including phenoxy) is 1. The zero-order valence-electron chi connectivity index (χ0n) is 8.91. The van der Waals surface area contributed by atoms with Crippen LogP contribution in [0.5, 0.6) is 0 Å². The van der Waals surface area contributed by atoms with Crippen LogP contribution in [0.15, 0.2) is 30.8 Å². The first-order valence-corrected chi connectivity index (χ1v) is 5.76. The van der Waals surface area contributed by atoms with Crippen LogP contribution in [0.25, 0.3) is 0 Å². The minimum atomic E-state index is -6.11. The fourth-order valence-electron chi connectivity index (χ4n) is 0.882. The summed E-state index contributed by atoms with van der Waals surface area (Å²) >= 11 is 0. The lowest BCUT2D eigenvalue weighted by atomic mass is 10.6. The van der Waals surface area contributed by atoms with E-state index in [1.807, 2.05) is 0 Å². The van der Waals surface area contributed by atoms with Gasteiger partial charge in [0.2, 0.25) is 0 Å². The molecule has 0 spiro atoms. The molecule has 13 heteroatoms. The average molecular weight is 328 g/mol. The summed E-state index contributed by atoms with van der Waals surface area (Å²) in [5, 5.41) is -6.03. The Morgan fingerprint density at radius 1 is 1.15 bits per heavy atom. The number of rotatable bonds is 5. The van der Waals surface area contributed by atoms with Gasteiger partial charge in [0.1, 0.15) is 6.33 Å². The predicted molar refractivity (Wildman–Crippen MR) is 47.9 cm³/mol. The maximum Gasteiger partial charge on any atom is 0.484 e. The molecule has 114 valence electrons. The van der Waals surface area contributed by atoms with E-state index in [2.05, 4.69) is 9.72 Å². The molecule has 1 heterocycles. The molecule has 0 aliphatic rings. The van der Waals surface area contributed by atoms with Gasteiger partial charge in [0.15, 0.2) is 0 Å². The summed E-state index contributed by atoms with van der Waals surface area (Å²) in [5.74, 6) is 0. The van der Waals surface area contributed by atoms with Crippen molar-refractivity contribution in [2.75, 3.05) is 0 Å². The van der Waals surface area contributed by atoms with Gasteiger partial charge in [0.25, 0.3) is 0 Å². The molecule has 0 bridgehead atoms. The molecule has 0 aliphatic heterocycles. The second-order valence-corrected chi connectivity index (χ2v) is 4.95. The van der Waals surface area contributed by atoms with Crippen LogP contribution in [0, 0.1) is 0 Å². The lowest BCUT2D eigenvalue weighted by Gasteiger charge is -2.24. The summed E-state index contributed by atoms with van der Waals surface area (Å²) in [5.41, 5.74) is 0. The normalized spacial score (nSPS) is 13.2. The summed E-state index contributed by atoms with van der Waals surface area (Å²) in [6.07, 6.45) is -8.25. The Hall–Kier alpha value is -1.79. The Balaban J connectivity index is 3.25. The van der Waals surface area contributed by atoms with Crippen LogP contribution in [0.2, 0.25) is 0 Å². The molecule has 0 aliphatic carbocycles. The molecule has 0 amide bonds. The zero-order valence-corrected chi connectivity index (χ0v) is 9.72. The maximum atomic E-state index is 13.2. The Kier molecular flexibility index (Phi) is 4.03. The first-order chi connectivity index (χ1) is 8.93. The third-order valence-electron chi connectivity index (χ3n) is 1.79. The van der Waals surface area contributed by atoms with Crippen molar-refractivity contribution >= 4 is 10.0 Å². The van der Waals surface area contributed by atoms with Gasteiger partial charge in [0.05, 0.1) is 0 Å². The molecule has 5 nitrogen and oxygen atoms in total. The van der Waals surface area contributed by atoms with Gasteiger partial charge in [-0.1, -0.05) is 0 Å². The first kappa shape index (κ1) is 16.3. The molecule has 0 unspecified atom stereocenters. The molecule has 0 saturated heterocycles. The SMILES string of the molecule is O=S(=O)(n1ccnc1)C(F)(F)C(F)(F)OC(F)=C(F)F. The minimum absolute atomic E-state index is 0.237. The van der Waals surface area contributed by atoms with E-state index in [4.69, 9.17) is 0 Å². The zero-order chi connectivity index (χ0) is 15.8. The Morgan fingerprint density at radius 2 is 1.70 bits per heavy atom. The second kappa shape index (κ2) is 4.96. The molecule has 0 saturated carbocycles. The van der Waals surface area contributed by atoms with Crippen molar-refractivity contribution in [2.24, 2.45) is 0 Å². The van der Waals surface area contributed by atoms with Crippen molar-refractivity contribution in [3.8, 4) is 0 Å². The first-order valence-electron chi connectivity index (χ1n) is 4.32. The Labute approximate surface area is 106 Å². The number of aromatic nitrogens is 2. The van der Waals surface area contributed by atoms with Gasteiger partial charge in [-0.2, -0.15) is 39.2 Å². The monoisotopic (exact) mass is 328 g/mol. The third-order valence-corrected chi connectivity index (χ3v) is 3.44. The molecule has 0 atom stereocenters. The van der Waals surface area contributed by atoms with Crippen molar-refractivity contribution in [2.45, 2.75) is 11.4 Å². The van der Waals surface area contributed by atoms with Crippen molar-refractivity contribution in [1.29, 1.82) is 0 Å². The van der Waals surface area contributed by atoms with Gasteiger partial charge < -0.3 is 4.74 Å². The van der Waals surface area contributed by atoms with Gasteiger partial charge in [-0.3, -0.25) is 0 Å². The quantitative estimate of drug-likeness (QED) is 0.615. The molecule has 0 aromatic carbocycles. The van der Waals surface area contributed by atoms with E-state index >= 15 is 0 Å². The van der Waals surface area contributed by atoms with Gasteiger partial charge >= 0.3 is 33.5 Å². The van der Waals surface area contributed by atoms with Crippen LogP contribution < -0.4 is 0 Å². The smallest absolute Gasteiger partial charge is 0.397 e. The molecular formula is C7H3F7N2O3S. The van der Waals surface area contributed by atoms with Crippen molar-refractivity contribution in [3.05, 3.63) is 30.8 Å². The molecule has 0 fully saturated rings. The van der Waals surface area contributed by atoms with Gasteiger partial charge in [-0.05, 0) is 0 Å². The van der Waals surface area contributed by atoms with Crippen LogP contribution in [0.1, 0.15) is 0 Å². The highest BCUT2D eigenvalue weighted by Gasteiger charge is 2.70. The number of hydrogen-bond acceptors (Lipinski definition) is 4. The average Bonchev–Trinajstić information content (AvgIpc) is 2.81. The van der Waals surface area contributed by atoms with E-state index in [1.54, 1.807) is 0 Å². The van der Waals surface area contributed by atoms with E-state index in [-0.39, 0.29) is 6.33 Å². The summed E-state index contributed by atoms with van der Waals surface area (Å²) in [4.78, 5) is 3.03. The molecular weight excluding hydrogens is 325 g/mol. The van der Waals surface area contributed by atoms with E-state index in [1.165, 1.54) is 0 Å². The predicted octanol–water partition coefficient (Wildman–Crippen LogP) is 2.30. The lowest BCUT2D eigenvalue weighted by molar-refractivity contribution is -0.309. The van der Waals surface area contributed by atoms with Crippen LogP contribution in [-0.2, 0) is 14.8 Å². The molecule has 20 heavy (non-hydrogen) atoms.